The summed E-state index contributed by atoms with van der Waals surface area (Å²) in [4.78, 5) is 37.6. The molecule has 1 aliphatic carbocycles. The normalized spacial score (nSPS) is 22.1. The third-order valence-corrected chi connectivity index (χ3v) is 7.55. The highest BCUT2D eigenvalue weighted by atomic mass is 19.2. The summed E-state index contributed by atoms with van der Waals surface area (Å²) >= 11 is 0. The van der Waals surface area contributed by atoms with Crippen molar-refractivity contribution in [1.29, 1.82) is 0 Å². The molecule has 0 aromatic heterocycles. The van der Waals surface area contributed by atoms with E-state index in [1.165, 1.54) is 19.3 Å². The van der Waals surface area contributed by atoms with Gasteiger partial charge in [0, 0.05) is 37.5 Å². The van der Waals surface area contributed by atoms with Gasteiger partial charge in [0.2, 0.25) is 11.8 Å². The Morgan fingerprint density at radius 3 is 2.43 bits per heavy atom. The predicted octanol–water partition coefficient (Wildman–Crippen LogP) is 3.81. The van der Waals surface area contributed by atoms with Crippen LogP contribution in [0.15, 0.2) is 36.4 Å². The number of hydrogen-bond acceptors (Lipinski definition) is 5. The number of carbonyl (C=O) groups excluding carboxylic acids is 3. The van der Waals surface area contributed by atoms with Crippen molar-refractivity contribution < 1.29 is 27.9 Å². The van der Waals surface area contributed by atoms with E-state index in [1.54, 1.807) is 23.1 Å². The molecule has 1 unspecified atom stereocenters. The van der Waals surface area contributed by atoms with Gasteiger partial charge in [-0.05, 0) is 67.5 Å². The van der Waals surface area contributed by atoms with E-state index < -0.39 is 17.7 Å². The molecule has 3 amide bonds. The first-order chi connectivity index (χ1) is 17.9. The maximum atomic E-state index is 13.1. The lowest BCUT2D eigenvalue weighted by atomic mass is 9.93. The fourth-order valence-electron chi connectivity index (χ4n) is 5.34. The Morgan fingerprint density at radius 1 is 0.946 bits per heavy atom. The van der Waals surface area contributed by atoms with E-state index in [2.05, 4.69) is 10.6 Å². The van der Waals surface area contributed by atoms with E-state index in [9.17, 15) is 23.2 Å². The quantitative estimate of drug-likeness (QED) is 0.610. The number of hydrogen-bond donors (Lipinski definition) is 2. The molecule has 4 aliphatic rings. The van der Waals surface area contributed by atoms with Crippen LogP contribution in [-0.4, -0.2) is 47.9 Å². The van der Waals surface area contributed by atoms with Crippen molar-refractivity contribution in [3.05, 3.63) is 64.7 Å². The second kappa shape index (κ2) is 11.0. The number of benzene rings is 2. The molecular formula is C28H31F2N3O4. The van der Waals surface area contributed by atoms with Crippen molar-refractivity contribution in [3.63, 3.8) is 0 Å². The summed E-state index contributed by atoms with van der Waals surface area (Å²) in [6.45, 7) is 1.89. The maximum absolute atomic E-state index is 13.1. The highest BCUT2D eigenvalue weighted by Gasteiger charge is 2.39. The van der Waals surface area contributed by atoms with Crippen LogP contribution >= 0.6 is 0 Å². The van der Waals surface area contributed by atoms with Crippen molar-refractivity contribution in [1.82, 2.24) is 15.5 Å². The van der Waals surface area contributed by atoms with Gasteiger partial charge >= 0.3 is 0 Å². The molecule has 9 heteroatoms. The lowest BCUT2D eigenvalue weighted by Gasteiger charge is -2.29. The molecule has 1 atom stereocenters. The van der Waals surface area contributed by atoms with Crippen LogP contribution in [-0.2, 0) is 16.1 Å². The minimum Gasteiger partial charge on any atom is -0.490 e. The largest absolute Gasteiger partial charge is 0.490 e. The van der Waals surface area contributed by atoms with E-state index in [1.807, 2.05) is 12.1 Å². The molecule has 196 valence electrons. The van der Waals surface area contributed by atoms with Gasteiger partial charge in [-0.15, -0.1) is 0 Å². The predicted molar refractivity (Wildman–Crippen MR) is 132 cm³/mol. The van der Waals surface area contributed by atoms with Crippen molar-refractivity contribution >= 4 is 17.7 Å². The van der Waals surface area contributed by atoms with Crippen molar-refractivity contribution in [3.8, 4) is 5.75 Å². The molecule has 3 heterocycles. The van der Waals surface area contributed by atoms with Gasteiger partial charge in [-0.2, -0.15) is 0 Å². The number of piperidine rings is 1. The number of halogens is 2. The number of carbonyl (C=O) groups is 3. The van der Waals surface area contributed by atoms with Crippen LogP contribution in [0.5, 0.6) is 5.75 Å². The summed E-state index contributed by atoms with van der Waals surface area (Å²) in [5.74, 6) is -1.29. The maximum Gasteiger partial charge on any atom is 0.255 e. The SMILES string of the molecule is Fc1cccc(C2CNC2)c1F.O=C1CCC(N2Cc3cc(OC4CCCCC4)ccc3C2=O)C(=O)N1. The lowest BCUT2D eigenvalue weighted by Crippen LogP contribution is -2.52. The van der Waals surface area contributed by atoms with Gasteiger partial charge in [-0.3, -0.25) is 19.7 Å². The minimum absolute atomic E-state index is 0.145. The summed E-state index contributed by atoms with van der Waals surface area (Å²) in [5, 5.41) is 5.34. The second-order valence-corrected chi connectivity index (χ2v) is 10.1. The van der Waals surface area contributed by atoms with E-state index in [-0.39, 0.29) is 36.2 Å². The standard InChI is InChI=1S/C19H22N2O4.C9H9F2N/c22-17-9-8-16(18(23)20-17)21-11-12-10-14(6-7-15(12)19(21)24)25-13-4-2-1-3-5-13;10-8-3-1-2-7(9(8)11)6-4-12-5-6/h6-7,10,13,16H,1-5,8-9,11H2,(H,20,22,23);1-3,6,12H,4-5H2. The molecule has 1 saturated carbocycles. The molecule has 0 radical (unpaired) electrons. The van der Waals surface area contributed by atoms with Crippen LogP contribution in [0.3, 0.4) is 0 Å². The van der Waals surface area contributed by atoms with Crippen LogP contribution in [0.25, 0.3) is 0 Å². The Kier molecular flexibility index (Phi) is 7.50. The molecule has 6 rings (SSSR count). The Labute approximate surface area is 214 Å². The first kappa shape index (κ1) is 25.3. The van der Waals surface area contributed by atoms with E-state index in [4.69, 9.17) is 4.74 Å². The average Bonchev–Trinajstić information content (AvgIpc) is 3.17. The molecule has 3 aliphatic heterocycles. The zero-order chi connectivity index (χ0) is 25.9. The first-order valence-electron chi connectivity index (χ1n) is 13.0. The minimum atomic E-state index is -0.751. The van der Waals surface area contributed by atoms with E-state index in [0.717, 1.165) is 43.3 Å². The molecule has 37 heavy (non-hydrogen) atoms. The van der Waals surface area contributed by atoms with Gasteiger partial charge in [0.05, 0.1) is 6.10 Å². The topological polar surface area (TPSA) is 87.7 Å². The fraction of sp³-hybridized carbons (Fsp3) is 0.464. The van der Waals surface area contributed by atoms with Crippen LogP contribution in [0.2, 0.25) is 0 Å². The van der Waals surface area contributed by atoms with Gasteiger partial charge in [0.25, 0.3) is 5.91 Å². The molecule has 0 spiro atoms. The second-order valence-electron chi connectivity index (χ2n) is 10.1. The Hall–Kier alpha value is -3.33. The Bertz CT molecular complexity index is 1190. The van der Waals surface area contributed by atoms with Gasteiger partial charge < -0.3 is 15.0 Å². The first-order valence-corrected chi connectivity index (χ1v) is 13.0. The third kappa shape index (κ3) is 5.51. The van der Waals surface area contributed by atoms with Crippen molar-refractivity contribution in [2.75, 3.05) is 13.1 Å². The van der Waals surface area contributed by atoms with Gasteiger partial charge in [0.1, 0.15) is 11.8 Å². The van der Waals surface area contributed by atoms with E-state index in [0.29, 0.717) is 24.1 Å². The Morgan fingerprint density at radius 2 is 1.73 bits per heavy atom. The summed E-state index contributed by atoms with van der Waals surface area (Å²) in [6, 6.07) is 9.33. The highest BCUT2D eigenvalue weighted by Crippen LogP contribution is 2.31. The number of nitrogens with one attached hydrogen (secondary N) is 2. The Balaban J connectivity index is 0.000000195. The highest BCUT2D eigenvalue weighted by molar-refractivity contribution is 6.05. The van der Waals surface area contributed by atoms with Crippen molar-refractivity contribution in [2.24, 2.45) is 0 Å². The van der Waals surface area contributed by atoms with E-state index >= 15 is 0 Å². The zero-order valence-corrected chi connectivity index (χ0v) is 20.6. The number of amides is 3. The van der Waals surface area contributed by atoms with Crippen LogP contribution in [0.1, 0.15) is 72.3 Å². The molecular weight excluding hydrogens is 480 g/mol. The number of ether oxygens (including phenoxy) is 1. The summed E-state index contributed by atoms with van der Waals surface area (Å²) < 4.78 is 31.9. The molecule has 2 saturated heterocycles. The van der Waals surface area contributed by atoms with Crippen LogP contribution in [0.4, 0.5) is 8.78 Å². The number of nitrogens with zero attached hydrogens (tertiary/aromatic N) is 1. The summed E-state index contributed by atoms with van der Waals surface area (Å²) in [5.41, 5.74) is 2.01. The molecule has 2 aromatic carbocycles. The molecule has 2 N–H and O–H groups in total. The monoisotopic (exact) mass is 511 g/mol. The van der Waals surface area contributed by atoms with Crippen LogP contribution < -0.4 is 15.4 Å². The van der Waals surface area contributed by atoms with Gasteiger partial charge in [0.15, 0.2) is 11.6 Å². The zero-order valence-electron chi connectivity index (χ0n) is 20.6. The number of fused-ring (bicyclic) bond motifs is 1. The molecule has 0 bridgehead atoms. The molecule has 3 fully saturated rings. The third-order valence-electron chi connectivity index (χ3n) is 7.55. The number of rotatable bonds is 4. The van der Waals surface area contributed by atoms with Crippen molar-refractivity contribution in [2.45, 2.75) is 69.6 Å². The smallest absolute Gasteiger partial charge is 0.255 e. The summed E-state index contributed by atoms with van der Waals surface area (Å²) in [7, 11) is 0. The van der Waals surface area contributed by atoms with Gasteiger partial charge in [-0.1, -0.05) is 18.6 Å². The van der Waals surface area contributed by atoms with Gasteiger partial charge in [-0.25, -0.2) is 8.78 Å². The fourth-order valence-corrected chi connectivity index (χ4v) is 5.34. The van der Waals surface area contributed by atoms with Crippen LogP contribution in [0, 0.1) is 11.6 Å². The lowest BCUT2D eigenvalue weighted by molar-refractivity contribution is -0.136. The average molecular weight is 512 g/mol. The number of imide groups is 1. The molecule has 2 aromatic rings. The molecule has 7 nitrogen and oxygen atoms in total. The summed E-state index contributed by atoms with van der Waals surface area (Å²) in [6.07, 6.45) is 6.77.